The van der Waals surface area contributed by atoms with Crippen molar-refractivity contribution in [3.63, 3.8) is 0 Å². The molecule has 1 N–H and O–H groups in total. The third-order valence-electron chi connectivity index (χ3n) is 4.72. The van der Waals surface area contributed by atoms with E-state index >= 15 is 0 Å². The van der Waals surface area contributed by atoms with Crippen molar-refractivity contribution < 1.29 is 19.1 Å². The molecule has 32 heavy (non-hydrogen) atoms. The molecule has 0 spiro atoms. The largest absolute Gasteiger partial charge is 0.454 e. The second-order valence-electron chi connectivity index (χ2n) is 6.90. The summed E-state index contributed by atoms with van der Waals surface area (Å²) in [6, 6.07) is 10.2. The smallest absolute Gasteiger partial charge is 0.263 e. The molecule has 1 saturated heterocycles. The summed E-state index contributed by atoms with van der Waals surface area (Å²) in [4.78, 5) is 29.6. The van der Waals surface area contributed by atoms with Gasteiger partial charge in [-0.15, -0.1) is 0 Å². The Bertz CT molecular complexity index is 1150. The van der Waals surface area contributed by atoms with Gasteiger partial charge in [0.1, 0.15) is 5.25 Å². The monoisotopic (exact) mass is 492 g/mol. The Morgan fingerprint density at radius 1 is 1.19 bits per heavy atom. The van der Waals surface area contributed by atoms with Gasteiger partial charge in [0.15, 0.2) is 16.7 Å². The highest BCUT2D eigenvalue weighted by Gasteiger charge is 2.39. The van der Waals surface area contributed by atoms with Crippen molar-refractivity contribution in [3.8, 4) is 11.5 Å². The minimum Gasteiger partial charge on any atom is -0.454 e. The van der Waals surface area contributed by atoms with E-state index in [2.05, 4.69) is 15.4 Å². The number of amides is 2. The van der Waals surface area contributed by atoms with E-state index in [1.807, 2.05) is 6.07 Å². The number of carbonyl (C=O) groups is 2. The lowest BCUT2D eigenvalue weighted by Gasteiger charge is -2.12. The Hall–Kier alpha value is -2.75. The lowest BCUT2D eigenvalue weighted by molar-refractivity contribution is -0.128. The summed E-state index contributed by atoms with van der Waals surface area (Å²) in [5.74, 6) is 0.640. The first-order chi connectivity index (χ1) is 15.4. The number of rotatable bonds is 5. The summed E-state index contributed by atoms with van der Waals surface area (Å²) in [5.41, 5.74) is 1.88. The highest BCUT2D eigenvalue weighted by molar-refractivity contribution is 8.15. The van der Waals surface area contributed by atoms with Crippen LogP contribution in [-0.2, 0) is 9.59 Å². The van der Waals surface area contributed by atoms with E-state index in [9.17, 15) is 9.59 Å². The van der Waals surface area contributed by atoms with Gasteiger partial charge in [0.05, 0.1) is 15.8 Å². The van der Waals surface area contributed by atoms with Crippen LogP contribution in [0.2, 0.25) is 10.0 Å². The van der Waals surface area contributed by atoms with Gasteiger partial charge in [-0.05, 0) is 43.3 Å². The number of halogens is 2. The van der Waals surface area contributed by atoms with Crippen LogP contribution in [0.25, 0.3) is 0 Å². The van der Waals surface area contributed by atoms with Gasteiger partial charge in [0.25, 0.3) is 5.91 Å². The SMILES string of the molecule is CN=C1SC(CC(=O)Nc2ccc(Cl)c(Cl)c2)C(=O)N1N=C(C)c1ccc2c(c1)OCO2. The molecule has 2 aliphatic rings. The number of benzene rings is 2. The van der Waals surface area contributed by atoms with E-state index in [0.717, 1.165) is 5.56 Å². The van der Waals surface area contributed by atoms with Crippen molar-refractivity contribution in [2.75, 3.05) is 19.2 Å². The molecule has 0 bridgehead atoms. The van der Waals surface area contributed by atoms with Crippen LogP contribution in [0, 0.1) is 0 Å². The molecule has 2 aliphatic heterocycles. The van der Waals surface area contributed by atoms with E-state index < -0.39 is 5.25 Å². The van der Waals surface area contributed by atoms with Gasteiger partial charge in [-0.2, -0.15) is 10.1 Å². The molecule has 2 heterocycles. The number of amidine groups is 1. The molecule has 1 fully saturated rings. The van der Waals surface area contributed by atoms with Crippen molar-refractivity contribution in [2.24, 2.45) is 10.1 Å². The Kier molecular flexibility index (Phi) is 6.59. The molecular formula is C21H18Cl2N4O4S. The Morgan fingerprint density at radius 2 is 1.97 bits per heavy atom. The first kappa shape index (κ1) is 22.4. The number of nitrogens with zero attached hydrogens (tertiary/aromatic N) is 3. The summed E-state index contributed by atoms with van der Waals surface area (Å²) >= 11 is 13.1. The van der Waals surface area contributed by atoms with Crippen LogP contribution in [0.4, 0.5) is 5.69 Å². The van der Waals surface area contributed by atoms with Crippen LogP contribution in [-0.4, -0.2) is 46.8 Å². The third-order valence-corrected chi connectivity index (χ3v) is 6.68. The molecule has 11 heteroatoms. The Labute approximate surface area is 198 Å². The Balaban J connectivity index is 1.46. The normalized spacial score (nSPS) is 19.1. The van der Waals surface area contributed by atoms with E-state index in [1.165, 1.54) is 16.8 Å². The molecule has 2 amide bonds. The van der Waals surface area contributed by atoms with Crippen molar-refractivity contribution in [2.45, 2.75) is 18.6 Å². The fraction of sp³-hybridized carbons (Fsp3) is 0.238. The number of aliphatic imine (C=N–C) groups is 1. The number of fused-ring (bicyclic) bond motifs is 1. The van der Waals surface area contributed by atoms with E-state index in [-0.39, 0.29) is 25.0 Å². The number of nitrogens with one attached hydrogen (secondary N) is 1. The van der Waals surface area contributed by atoms with Crippen molar-refractivity contribution >= 4 is 63.3 Å². The lowest BCUT2D eigenvalue weighted by Crippen LogP contribution is -2.30. The number of hydrogen-bond donors (Lipinski definition) is 1. The maximum atomic E-state index is 13.0. The van der Waals surface area contributed by atoms with Gasteiger partial charge in [-0.1, -0.05) is 35.0 Å². The van der Waals surface area contributed by atoms with Crippen molar-refractivity contribution in [1.29, 1.82) is 0 Å². The van der Waals surface area contributed by atoms with E-state index in [0.29, 0.717) is 38.1 Å². The molecule has 1 atom stereocenters. The molecule has 2 aromatic carbocycles. The molecule has 1 unspecified atom stereocenters. The predicted octanol–water partition coefficient (Wildman–Crippen LogP) is 4.40. The maximum absolute atomic E-state index is 13.0. The molecule has 166 valence electrons. The first-order valence-corrected chi connectivity index (χ1v) is 11.2. The van der Waals surface area contributed by atoms with Gasteiger partial charge in [0.2, 0.25) is 12.7 Å². The summed E-state index contributed by atoms with van der Waals surface area (Å²) in [5, 5.41) is 8.91. The number of hydrazone groups is 1. The highest BCUT2D eigenvalue weighted by atomic mass is 35.5. The number of thioether (sulfide) groups is 1. The highest BCUT2D eigenvalue weighted by Crippen LogP contribution is 2.34. The van der Waals surface area contributed by atoms with Crippen LogP contribution < -0.4 is 14.8 Å². The molecular weight excluding hydrogens is 475 g/mol. The summed E-state index contributed by atoms with van der Waals surface area (Å²) in [6.45, 7) is 1.96. The van der Waals surface area contributed by atoms with Gasteiger partial charge < -0.3 is 14.8 Å². The molecule has 0 aromatic heterocycles. The molecule has 0 aliphatic carbocycles. The van der Waals surface area contributed by atoms with Crippen LogP contribution >= 0.6 is 35.0 Å². The molecule has 0 saturated carbocycles. The van der Waals surface area contributed by atoms with Crippen molar-refractivity contribution in [3.05, 3.63) is 52.0 Å². The average Bonchev–Trinajstić information content (AvgIpc) is 3.35. The number of ether oxygens (including phenoxy) is 2. The Morgan fingerprint density at radius 3 is 2.72 bits per heavy atom. The minimum absolute atomic E-state index is 0.0438. The first-order valence-electron chi connectivity index (χ1n) is 9.53. The molecule has 2 aromatic rings. The zero-order chi connectivity index (χ0) is 22.8. The average molecular weight is 493 g/mol. The standard InChI is InChI=1S/C21H18Cl2N4O4S/c1-11(12-3-6-16-17(7-12)31-10-30-16)26-27-20(29)18(32-21(27)24-2)9-19(28)25-13-4-5-14(22)15(23)8-13/h3-8,18H,9-10H2,1-2H3,(H,25,28). The predicted molar refractivity (Wildman–Crippen MR) is 126 cm³/mol. The van der Waals surface area contributed by atoms with Crippen LogP contribution in [0.1, 0.15) is 18.9 Å². The summed E-state index contributed by atoms with van der Waals surface area (Å²) < 4.78 is 10.7. The fourth-order valence-corrected chi connectivity index (χ4v) is 4.43. The topological polar surface area (TPSA) is 92.6 Å². The second-order valence-corrected chi connectivity index (χ2v) is 8.88. The number of hydrogen-bond acceptors (Lipinski definition) is 7. The van der Waals surface area contributed by atoms with Crippen molar-refractivity contribution in [1.82, 2.24) is 5.01 Å². The third kappa shape index (κ3) is 4.69. The minimum atomic E-state index is -0.648. The van der Waals surface area contributed by atoms with Crippen LogP contribution in [0.15, 0.2) is 46.5 Å². The summed E-state index contributed by atoms with van der Waals surface area (Å²) in [6.07, 6.45) is -0.0438. The molecule has 8 nitrogen and oxygen atoms in total. The van der Waals surface area contributed by atoms with E-state index in [1.54, 1.807) is 44.3 Å². The van der Waals surface area contributed by atoms with Gasteiger partial charge >= 0.3 is 0 Å². The van der Waals surface area contributed by atoms with Crippen LogP contribution in [0.5, 0.6) is 11.5 Å². The quantitative estimate of drug-likeness (QED) is 0.624. The van der Waals surface area contributed by atoms with Crippen LogP contribution in [0.3, 0.4) is 0 Å². The fourth-order valence-electron chi connectivity index (χ4n) is 3.11. The van der Waals surface area contributed by atoms with Gasteiger partial charge in [0, 0.05) is 24.7 Å². The van der Waals surface area contributed by atoms with E-state index in [4.69, 9.17) is 32.7 Å². The van der Waals surface area contributed by atoms with Gasteiger partial charge in [-0.3, -0.25) is 14.6 Å². The zero-order valence-electron chi connectivity index (χ0n) is 17.1. The lowest BCUT2D eigenvalue weighted by atomic mass is 10.1. The molecule has 0 radical (unpaired) electrons. The molecule has 4 rings (SSSR count). The zero-order valence-corrected chi connectivity index (χ0v) is 19.4. The number of carbonyl (C=O) groups excluding carboxylic acids is 2. The maximum Gasteiger partial charge on any atom is 0.263 e. The summed E-state index contributed by atoms with van der Waals surface area (Å²) in [7, 11) is 1.58. The second kappa shape index (κ2) is 9.40. The number of anilines is 1. The van der Waals surface area contributed by atoms with Gasteiger partial charge in [-0.25, -0.2) is 0 Å².